The summed E-state index contributed by atoms with van der Waals surface area (Å²) in [5.41, 5.74) is 0. The molecular weight excluding hydrogens is 184 g/mol. The normalized spacial score (nSPS) is 17.3. The minimum Gasteiger partial charge on any atom is -0.480 e. The van der Waals surface area contributed by atoms with Crippen LogP contribution in [0.25, 0.3) is 0 Å². The number of urea groups is 1. The molecule has 0 aromatic rings. The Balaban J connectivity index is 2.42. The fraction of sp³-hybridized carbons (Fsp3) is 0.778. The van der Waals surface area contributed by atoms with E-state index >= 15 is 0 Å². The summed E-state index contributed by atoms with van der Waals surface area (Å²) in [6, 6.07) is -0.777. The molecule has 14 heavy (non-hydrogen) atoms. The zero-order valence-corrected chi connectivity index (χ0v) is 8.49. The SMILES string of the molecule is CCN(C(=O)N[C@H](C)C(=O)O)C1CC1. The lowest BCUT2D eigenvalue weighted by Crippen LogP contribution is -2.47. The number of rotatable bonds is 4. The van der Waals surface area contributed by atoms with Gasteiger partial charge in [0.25, 0.3) is 0 Å². The molecule has 0 radical (unpaired) electrons. The van der Waals surface area contributed by atoms with Crippen LogP contribution in [0.3, 0.4) is 0 Å². The third-order valence-electron chi connectivity index (χ3n) is 2.30. The van der Waals surface area contributed by atoms with Crippen molar-refractivity contribution in [1.82, 2.24) is 10.2 Å². The molecule has 1 atom stereocenters. The molecule has 1 fully saturated rings. The van der Waals surface area contributed by atoms with Crippen LogP contribution in [0.15, 0.2) is 0 Å². The summed E-state index contributed by atoms with van der Waals surface area (Å²) in [7, 11) is 0. The van der Waals surface area contributed by atoms with Crippen molar-refractivity contribution in [2.45, 2.75) is 38.8 Å². The van der Waals surface area contributed by atoms with Gasteiger partial charge in [-0.05, 0) is 26.7 Å². The third-order valence-corrected chi connectivity index (χ3v) is 2.30. The molecule has 0 saturated heterocycles. The highest BCUT2D eigenvalue weighted by molar-refractivity contribution is 5.82. The van der Waals surface area contributed by atoms with Gasteiger partial charge in [0.15, 0.2) is 0 Å². The van der Waals surface area contributed by atoms with Crippen molar-refractivity contribution in [1.29, 1.82) is 0 Å². The van der Waals surface area contributed by atoms with Gasteiger partial charge in [-0.3, -0.25) is 4.79 Å². The van der Waals surface area contributed by atoms with Gasteiger partial charge in [0.05, 0.1) is 0 Å². The number of carboxylic acids is 1. The van der Waals surface area contributed by atoms with Crippen molar-refractivity contribution in [3.8, 4) is 0 Å². The molecule has 0 aromatic carbocycles. The topological polar surface area (TPSA) is 69.6 Å². The third kappa shape index (κ3) is 2.61. The van der Waals surface area contributed by atoms with Gasteiger partial charge in [-0.15, -0.1) is 0 Å². The van der Waals surface area contributed by atoms with E-state index in [1.165, 1.54) is 6.92 Å². The summed E-state index contributed by atoms with van der Waals surface area (Å²) in [5, 5.41) is 11.0. The minimum atomic E-state index is -1.01. The van der Waals surface area contributed by atoms with Crippen LogP contribution in [0.1, 0.15) is 26.7 Å². The van der Waals surface area contributed by atoms with Crippen molar-refractivity contribution in [3.05, 3.63) is 0 Å². The summed E-state index contributed by atoms with van der Waals surface area (Å²) in [5.74, 6) is -1.01. The number of carbonyl (C=O) groups is 2. The fourth-order valence-corrected chi connectivity index (χ4v) is 1.28. The monoisotopic (exact) mass is 200 g/mol. The molecule has 0 aromatic heterocycles. The van der Waals surface area contributed by atoms with Crippen molar-refractivity contribution in [2.75, 3.05) is 6.54 Å². The maximum atomic E-state index is 11.5. The van der Waals surface area contributed by atoms with Gasteiger partial charge in [-0.1, -0.05) is 0 Å². The molecule has 0 aliphatic heterocycles. The molecule has 1 rings (SSSR count). The van der Waals surface area contributed by atoms with Crippen LogP contribution in [-0.4, -0.2) is 40.6 Å². The van der Waals surface area contributed by atoms with Gasteiger partial charge < -0.3 is 15.3 Å². The van der Waals surface area contributed by atoms with Gasteiger partial charge in [0.2, 0.25) is 0 Å². The van der Waals surface area contributed by atoms with Gasteiger partial charge in [-0.25, -0.2) is 4.79 Å². The molecule has 2 N–H and O–H groups in total. The number of carboxylic acid groups (broad SMARTS) is 1. The fourth-order valence-electron chi connectivity index (χ4n) is 1.28. The number of nitrogens with one attached hydrogen (secondary N) is 1. The van der Waals surface area contributed by atoms with E-state index < -0.39 is 12.0 Å². The zero-order chi connectivity index (χ0) is 10.7. The first kappa shape index (κ1) is 10.8. The Labute approximate surface area is 83.1 Å². The first-order valence-corrected chi connectivity index (χ1v) is 4.86. The second-order valence-corrected chi connectivity index (χ2v) is 3.53. The van der Waals surface area contributed by atoms with Crippen molar-refractivity contribution in [2.24, 2.45) is 0 Å². The second-order valence-electron chi connectivity index (χ2n) is 3.53. The average Bonchev–Trinajstić information content (AvgIpc) is 2.89. The van der Waals surface area contributed by atoms with E-state index in [1.807, 2.05) is 6.92 Å². The van der Waals surface area contributed by atoms with E-state index in [0.29, 0.717) is 12.6 Å². The lowest BCUT2D eigenvalue weighted by molar-refractivity contribution is -0.138. The summed E-state index contributed by atoms with van der Waals surface area (Å²) >= 11 is 0. The summed E-state index contributed by atoms with van der Waals surface area (Å²) < 4.78 is 0. The lowest BCUT2D eigenvalue weighted by atomic mass is 10.3. The Morgan fingerprint density at radius 3 is 2.50 bits per heavy atom. The maximum Gasteiger partial charge on any atom is 0.325 e. The first-order chi connectivity index (χ1) is 6.56. The molecule has 5 nitrogen and oxygen atoms in total. The summed E-state index contributed by atoms with van der Waals surface area (Å²) in [6.45, 7) is 3.98. The predicted octanol–water partition coefficient (Wildman–Crippen LogP) is 0.653. The van der Waals surface area contributed by atoms with Crippen molar-refractivity contribution in [3.63, 3.8) is 0 Å². The predicted molar refractivity (Wildman–Crippen MR) is 51.0 cm³/mol. The highest BCUT2D eigenvalue weighted by Crippen LogP contribution is 2.26. The molecule has 0 unspecified atom stereocenters. The van der Waals surface area contributed by atoms with E-state index in [-0.39, 0.29) is 6.03 Å². The molecule has 0 bridgehead atoms. The Kier molecular flexibility index (Phi) is 3.33. The van der Waals surface area contributed by atoms with Crippen LogP contribution < -0.4 is 5.32 Å². The van der Waals surface area contributed by atoms with Crippen LogP contribution in [0.2, 0.25) is 0 Å². The molecule has 1 aliphatic carbocycles. The van der Waals surface area contributed by atoms with Crippen LogP contribution in [0, 0.1) is 0 Å². The van der Waals surface area contributed by atoms with E-state index in [1.54, 1.807) is 4.90 Å². The average molecular weight is 200 g/mol. The Morgan fingerprint density at radius 1 is 1.57 bits per heavy atom. The van der Waals surface area contributed by atoms with Crippen molar-refractivity contribution < 1.29 is 14.7 Å². The largest absolute Gasteiger partial charge is 0.480 e. The minimum absolute atomic E-state index is 0.273. The second kappa shape index (κ2) is 4.30. The number of aliphatic carboxylic acids is 1. The number of carbonyl (C=O) groups excluding carboxylic acids is 1. The molecule has 0 heterocycles. The lowest BCUT2D eigenvalue weighted by Gasteiger charge is -2.22. The maximum absolute atomic E-state index is 11.5. The smallest absolute Gasteiger partial charge is 0.325 e. The van der Waals surface area contributed by atoms with Gasteiger partial charge in [0.1, 0.15) is 6.04 Å². The van der Waals surface area contributed by atoms with Crippen LogP contribution in [-0.2, 0) is 4.79 Å². The molecule has 80 valence electrons. The first-order valence-electron chi connectivity index (χ1n) is 4.86. The van der Waals surface area contributed by atoms with Gasteiger partial charge in [0, 0.05) is 12.6 Å². The molecular formula is C9H16N2O3. The zero-order valence-electron chi connectivity index (χ0n) is 8.49. The number of amides is 2. The van der Waals surface area contributed by atoms with E-state index in [2.05, 4.69) is 5.32 Å². The highest BCUT2D eigenvalue weighted by Gasteiger charge is 2.32. The number of hydrogen-bond donors (Lipinski definition) is 2. The quantitative estimate of drug-likeness (QED) is 0.700. The molecule has 0 spiro atoms. The van der Waals surface area contributed by atoms with Crippen molar-refractivity contribution >= 4 is 12.0 Å². The van der Waals surface area contributed by atoms with E-state index in [0.717, 1.165) is 12.8 Å². The molecule has 1 saturated carbocycles. The standard InChI is InChI=1S/C9H16N2O3/c1-3-11(7-4-5-7)9(14)10-6(2)8(12)13/h6-7H,3-5H2,1-2H3,(H,10,14)(H,12,13)/t6-/m1/s1. The van der Waals surface area contributed by atoms with Crippen LogP contribution in [0.5, 0.6) is 0 Å². The molecule has 1 aliphatic rings. The van der Waals surface area contributed by atoms with E-state index in [9.17, 15) is 9.59 Å². The Bertz CT molecular complexity index is 238. The number of nitrogens with zero attached hydrogens (tertiary/aromatic N) is 1. The Morgan fingerprint density at radius 2 is 2.14 bits per heavy atom. The molecule has 5 heteroatoms. The van der Waals surface area contributed by atoms with Gasteiger partial charge >= 0.3 is 12.0 Å². The summed E-state index contributed by atoms with van der Waals surface area (Å²) in [4.78, 5) is 23.7. The van der Waals surface area contributed by atoms with Crippen LogP contribution in [0.4, 0.5) is 4.79 Å². The van der Waals surface area contributed by atoms with E-state index in [4.69, 9.17) is 5.11 Å². The molecule has 2 amide bonds. The van der Waals surface area contributed by atoms with Crippen LogP contribution >= 0.6 is 0 Å². The highest BCUT2D eigenvalue weighted by atomic mass is 16.4. The Hall–Kier alpha value is -1.26. The number of hydrogen-bond acceptors (Lipinski definition) is 2. The summed E-state index contributed by atoms with van der Waals surface area (Å²) in [6.07, 6.45) is 2.06. The van der Waals surface area contributed by atoms with Gasteiger partial charge in [-0.2, -0.15) is 0 Å².